The molecular formula is C24H19ClN4O7. The minimum Gasteiger partial charge on any atom is -0.493 e. The van der Waals surface area contributed by atoms with Crippen molar-refractivity contribution in [3.8, 4) is 11.5 Å². The standard InChI is InChI=1S/C24H19ClN4O7/c1-14(27-28-23(31)22(30)26-17-10-8-16(25)9-11-17)15-7-12-20(21(13-15)35-2)36-24(32)18-5-3-4-6-19(18)29(33)34/h3-13H,1-2H3,(H,26,30)(H,28,31). The van der Waals surface area contributed by atoms with E-state index in [1.165, 1.54) is 49.6 Å². The Morgan fingerprint density at radius 3 is 2.33 bits per heavy atom. The molecule has 0 aliphatic carbocycles. The van der Waals surface area contributed by atoms with Gasteiger partial charge >= 0.3 is 17.8 Å². The number of hydrazone groups is 1. The maximum absolute atomic E-state index is 12.5. The van der Waals surface area contributed by atoms with Crippen LogP contribution in [0.3, 0.4) is 0 Å². The van der Waals surface area contributed by atoms with Crippen LogP contribution in [0.4, 0.5) is 11.4 Å². The van der Waals surface area contributed by atoms with E-state index in [1.807, 2.05) is 0 Å². The maximum Gasteiger partial charge on any atom is 0.350 e. The summed E-state index contributed by atoms with van der Waals surface area (Å²) in [5.74, 6) is -2.70. The van der Waals surface area contributed by atoms with Crippen molar-refractivity contribution in [2.45, 2.75) is 6.92 Å². The highest BCUT2D eigenvalue weighted by atomic mass is 35.5. The molecule has 184 valence electrons. The Bertz CT molecular complexity index is 1360. The highest BCUT2D eigenvalue weighted by Gasteiger charge is 2.22. The van der Waals surface area contributed by atoms with E-state index in [4.69, 9.17) is 21.1 Å². The van der Waals surface area contributed by atoms with Crippen LogP contribution in [0, 0.1) is 10.1 Å². The number of nitro benzene ring substituents is 1. The Labute approximate surface area is 209 Å². The number of halogens is 1. The van der Waals surface area contributed by atoms with Gasteiger partial charge in [0.15, 0.2) is 11.5 Å². The summed E-state index contributed by atoms with van der Waals surface area (Å²) in [6, 6.07) is 16.0. The number of hydrogen-bond acceptors (Lipinski definition) is 8. The molecule has 11 nitrogen and oxygen atoms in total. The fourth-order valence-electron chi connectivity index (χ4n) is 2.91. The van der Waals surface area contributed by atoms with Crippen molar-refractivity contribution >= 4 is 46.5 Å². The average molecular weight is 511 g/mol. The molecule has 0 unspecified atom stereocenters. The van der Waals surface area contributed by atoms with Crippen molar-refractivity contribution in [3.05, 3.63) is 93.0 Å². The number of anilines is 1. The zero-order chi connectivity index (χ0) is 26.2. The molecule has 12 heteroatoms. The first kappa shape index (κ1) is 25.8. The summed E-state index contributed by atoms with van der Waals surface area (Å²) in [5, 5.41) is 18.0. The Balaban J connectivity index is 1.70. The molecule has 3 aromatic carbocycles. The van der Waals surface area contributed by atoms with Gasteiger partial charge in [0.1, 0.15) is 5.56 Å². The first-order valence-corrected chi connectivity index (χ1v) is 10.6. The van der Waals surface area contributed by atoms with Gasteiger partial charge in [-0.1, -0.05) is 23.7 Å². The van der Waals surface area contributed by atoms with E-state index >= 15 is 0 Å². The summed E-state index contributed by atoms with van der Waals surface area (Å²) in [7, 11) is 1.34. The Kier molecular flexibility index (Phi) is 8.31. The molecule has 0 saturated carbocycles. The van der Waals surface area contributed by atoms with Gasteiger partial charge in [0, 0.05) is 22.3 Å². The van der Waals surface area contributed by atoms with Gasteiger partial charge in [0.25, 0.3) is 5.69 Å². The van der Waals surface area contributed by atoms with Gasteiger partial charge in [-0.25, -0.2) is 10.2 Å². The lowest BCUT2D eigenvalue weighted by Crippen LogP contribution is -2.32. The number of benzene rings is 3. The molecule has 0 aliphatic rings. The molecule has 0 spiro atoms. The van der Waals surface area contributed by atoms with Gasteiger partial charge in [-0.3, -0.25) is 19.7 Å². The third-order valence-electron chi connectivity index (χ3n) is 4.74. The molecular weight excluding hydrogens is 492 g/mol. The van der Waals surface area contributed by atoms with Gasteiger partial charge in [0.2, 0.25) is 0 Å². The minimum atomic E-state index is -0.994. The molecule has 0 heterocycles. The summed E-state index contributed by atoms with van der Waals surface area (Å²) in [6.07, 6.45) is 0. The van der Waals surface area contributed by atoms with Crippen LogP contribution in [0.5, 0.6) is 11.5 Å². The molecule has 0 fully saturated rings. The topological polar surface area (TPSA) is 149 Å². The average Bonchev–Trinajstić information content (AvgIpc) is 2.88. The molecule has 36 heavy (non-hydrogen) atoms. The van der Waals surface area contributed by atoms with Crippen molar-refractivity contribution in [1.82, 2.24) is 5.43 Å². The largest absolute Gasteiger partial charge is 0.493 e. The molecule has 2 N–H and O–H groups in total. The molecule has 0 atom stereocenters. The van der Waals surface area contributed by atoms with E-state index in [0.717, 1.165) is 0 Å². The molecule has 0 saturated heterocycles. The lowest BCUT2D eigenvalue weighted by molar-refractivity contribution is -0.385. The zero-order valence-corrected chi connectivity index (χ0v) is 19.7. The van der Waals surface area contributed by atoms with Gasteiger partial charge < -0.3 is 14.8 Å². The SMILES string of the molecule is COc1cc(C(C)=NNC(=O)C(=O)Nc2ccc(Cl)cc2)ccc1OC(=O)c1ccccc1[N+](=O)[O-]. The lowest BCUT2D eigenvalue weighted by atomic mass is 10.1. The summed E-state index contributed by atoms with van der Waals surface area (Å²) < 4.78 is 10.6. The smallest absolute Gasteiger partial charge is 0.350 e. The number of ether oxygens (including phenoxy) is 2. The molecule has 0 aliphatic heterocycles. The minimum absolute atomic E-state index is 0.0172. The number of methoxy groups -OCH3 is 1. The number of rotatable bonds is 7. The fourth-order valence-corrected chi connectivity index (χ4v) is 3.03. The highest BCUT2D eigenvalue weighted by Crippen LogP contribution is 2.30. The van der Waals surface area contributed by atoms with E-state index in [0.29, 0.717) is 22.0 Å². The zero-order valence-electron chi connectivity index (χ0n) is 19.0. The van der Waals surface area contributed by atoms with Crippen molar-refractivity contribution in [1.29, 1.82) is 0 Å². The number of nitrogens with zero attached hydrogens (tertiary/aromatic N) is 2. The van der Waals surface area contributed by atoms with E-state index < -0.39 is 28.4 Å². The maximum atomic E-state index is 12.5. The number of para-hydroxylation sites is 1. The van der Waals surface area contributed by atoms with E-state index in [9.17, 15) is 24.5 Å². The number of carbonyl (C=O) groups excluding carboxylic acids is 3. The number of nitrogens with one attached hydrogen (secondary N) is 2. The van der Waals surface area contributed by atoms with Gasteiger partial charge in [0.05, 0.1) is 17.7 Å². The second-order valence-corrected chi connectivity index (χ2v) is 7.57. The third kappa shape index (κ3) is 6.42. The van der Waals surface area contributed by atoms with Crippen molar-refractivity contribution in [2.24, 2.45) is 5.10 Å². The second kappa shape index (κ2) is 11.6. The van der Waals surface area contributed by atoms with Gasteiger partial charge in [-0.15, -0.1) is 0 Å². The number of nitro groups is 1. The summed E-state index contributed by atoms with van der Waals surface area (Å²) >= 11 is 5.79. The number of hydrogen-bond donors (Lipinski definition) is 2. The van der Waals surface area contributed by atoms with Crippen LogP contribution in [-0.4, -0.2) is 35.5 Å². The molecule has 0 bridgehead atoms. The first-order chi connectivity index (χ1) is 17.2. The van der Waals surface area contributed by atoms with Crippen LogP contribution >= 0.6 is 11.6 Å². The normalized spacial score (nSPS) is 10.8. The van der Waals surface area contributed by atoms with Crippen LogP contribution in [0.25, 0.3) is 0 Å². The fraction of sp³-hybridized carbons (Fsp3) is 0.0833. The summed E-state index contributed by atoms with van der Waals surface area (Å²) in [4.78, 5) is 47.1. The van der Waals surface area contributed by atoms with Crippen molar-refractivity contribution in [2.75, 3.05) is 12.4 Å². The van der Waals surface area contributed by atoms with Crippen molar-refractivity contribution in [3.63, 3.8) is 0 Å². The van der Waals surface area contributed by atoms with Crippen LogP contribution < -0.4 is 20.2 Å². The van der Waals surface area contributed by atoms with Crippen LogP contribution in [0.1, 0.15) is 22.8 Å². The van der Waals surface area contributed by atoms with Crippen LogP contribution in [0.2, 0.25) is 5.02 Å². The monoisotopic (exact) mass is 510 g/mol. The number of carbonyl (C=O) groups is 3. The molecule has 3 rings (SSSR count). The van der Waals surface area contributed by atoms with Crippen LogP contribution in [-0.2, 0) is 9.59 Å². The molecule has 2 amide bonds. The Morgan fingerprint density at radius 1 is 0.972 bits per heavy atom. The van der Waals surface area contributed by atoms with Gasteiger partial charge in [-0.05, 0) is 55.5 Å². The number of amides is 2. The highest BCUT2D eigenvalue weighted by molar-refractivity contribution is 6.39. The van der Waals surface area contributed by atoms with Crippen LogP contribution in [0.15, 0.2) is 71.8 Å². The molecule has 3 aromatic rings. The second-order valence-electron chi connectivity index (χ2n) is 7.13. The van der Waals surface area contributed by atoms with E-state index in [-0.39, 0.29) is 17.1 Å². The van der Waals surface area contributed by atoms with E-state index in [1.54, 1.807) is 31.2 Å². The van der Waals surface area contributed by atoms with Crippen molar-refractivity contribution < 1.29 is 28.8 Å². The first-order valence-electron chi connectivity index (χ1n) is 10.2. The summed E-state index contributed by atoms with van der Waals surface area (Å²) in [6.45, 7) is 1.57. The lowest BCUT2D eigenvalue weighted by Gasteiger charge is -2.11. The summed E-state index contributed by atoms with van der Waals surface area (Å²) in [5.41, 5.74) is 2.73. The predicted octanol–water partition coefficient (Wildman–Crippen LogP) is 3.95. The molecule has 0 radical (unpaired) electrons. The predicted molar refractivity (Wildman–Crippen MR) is 131 cm³/mol. The number of esters is 1. The van der Waals surface area contributed by atoms with E-state index in [2.05, 4.69) is 15.8 Å². The Hall–Kier alpha value is -4.77. The third-order valence-corrected chi connectivity index (χ3v) is 4.99. The molecule has 0 aromatic heterocycles. The quantitative estimate of drug-likeness (QED) is 0.122. The Morgan fingerprint density at radius 2 is 1.67 bits per heavy atom. The van der Waals surface area contributed by atoms with Gasteiger partial charge in [-0.2, -0.15) is 5.10 Å².